The second kappa shape index (κ2) is 7.73. The Morgan fingerprint density at radius 2 is 1.52 bits per heavy atom. The van der Waals surface area contributed by atoms with Crippen molar-refractivity contribution in [1.82, 2.24) is 4.90 Å². The summed E-state index contributed by atoms with van der Waals surface area (Å²) < 4.78 is 22.4. The van der Waals surface area contributed by atoms with E-state index in [1.807, 2.05) is 0 Å². The Balaban J connectivity index is 1.89. The molecule has 3 nitrogen and oxygen atoms in total. The molecule has 0 atom stereocenters. The number of benzene rings is 2. The fraction of sp³-hybridized carbons (Fsp3) is 0.300. The molecule has 2 aromatic rings. The maximum atomic E-state index is 11.2. The number of hydrogen-bond acceptors (Lipinski definition) is 3. The van der Waals surface area contributed by atoms with Gasteiger partial charge in [0.05, 0.1) is 0 Å². The minimum Gasteiger partial charge on any atom is -0.292 e. The lowest BCUT2D eigenvalue weighted by Crippen LogP contribution is -2.24. The van der Waals surface area contributed by atoms with Crippen LogP contribution in [0.15, 0.2) is 54.6 Å². The van der Waals surface area contributed by atoms with Gasteiger partial charge in [0.2, 0.25) is 9.05 Å². The molecule has 0 unspecified atom stereocenters. The van der Waals surface area contributed by atoms with E-state index in [0.29, 0.717) is 6.54 Å². The highest BCUT2D eigenvalue weighted by molar-refractivity contribution is 8.13. The molecule has 5 heteroatoms. The topological polar surface area (TPSA) is 37.4 Å². The molecule has 0 heterocycles. The minimum absolute atomic E-state index is 0.134. The molecular weight excluding hydrogens is 354 g/mol. The van der Waals surface area contributed by atoms with E-state index in [9.17, 15) is 8.42 Å². The van der Waals surface area contributed by atoms with Gasteiger partial charge >= 0.3 is 0 Å². The second-order valence-corrected chi connectivity index (χ2v) is 9.21. The standard InChI is InChI=1S/C20H22ClNO2S/c1-22(15-25(21,23)24)14-6-11-20-18-9-4-2-7-16(18)12-13-17-8-3-5-10-19(17)20/h2-5,7-11H,6,12-15H2,1H3. The first-order valence-electron chi connectivity index (χ1n) is 8.41. The Morgan fingerprint density at radius 1 is 1.00 bits per heavy atom. The van der Waals surface area contributed by atoms with E-state index in [0.717, 1.165) is 19.3 Å². The summed E-state index contributed by atoms with van der Waals surface area (Å²) in [6.07, 6.45) is 5.06. The Hall–Kier alpha value is -1.62. The first-order valence-corrected chi connectivity index (χ1v) is 10.9. The van der Waals surface area contributed by atoms with E-state index in [1.165, 1.54) is 27.8 Å². The van der Waals surface area contributed by atoms with E-state index in [-0.39, 0.29) is 5.88 Å². The van der Waals surface area contributed by atoms with E-state index < -0.39 is 9.05 Å². The predicted molar refractivity (Wildman–Crippen MR) is 104 cm³/mol. The van der Waals surface area contributed by atoms with Gasteiger partial charge in [0.15, 0.2) is 0 Å². The van der Waals surface area contributed by atoms with Crippen LogP contribution >= 0.6 is 10.7 Å². The van der Waals surface area contributed by atoms with Gasteiger partial charge in [-0.3, -0.25) is 4.90 Å². The monoisotopic (exact) mass is 375 g/mol. The molecule has 132 valence electrons. The lowest BCUT2D eigenvalue weighted by molar-refractivity contribution is 0.391. The third-order valence-electron chi connectivity index (χ3n) is 4.51. The van der Waals surface area contributed by atoms with Crippen LogP contribution in [0.1, 0.15) is 28.7 Å². The van der Waals surface area contributed by atoms with Crippen molar-refractivity contribution in [2.75, 3.05) is 19.5 Å². The Bertz CT molecular complexity index is 841. The SMILES string of the molecule is CN(CCC=C1c2ccccc2CCc2ccccc21)CS(=O)(=O)Cl. The van der Waals surface area contributed by atoms with Crippen LogP contribution in [0.25, 0.3) is 5.57 Å². The van der Waals surface area contributed by atoms with E-state index in [2.05, 4.69) is 54.6 Å². The van der Waals surface area contributed by atoms with Gasteiger partial charge in [0, 0.05) is 17.2 Å². The molecule has 0 fully saturated rings. The van der Waals surface area contributed by atoms with Crippen LogP contribution in [-0.4, -0.2) is 32.8 Å². The molecule has 1 aliphatic carbocycles. The van der Waals surface area contributed by atoms with Crippen LogP contribution in [0.3, 0.4) is 0 Å². The summed E-state index contributed by atoms with van der Waals surface area (Å²) in [6, 6.07) is 17.1. The zero-order valence-electron chi connectivity index (χ0n) is 14.3. The number of rotatable bonds is 5. The number of nitrogens with zero attached hydrogens (tertiary/aromatic N) is 1. The number of fused-ring (bicyclic) bond motifs is 2. The predicted octanol–water partition coefficient (Wildman–Crippen LogP) is 4.06. The van der Waals surface area contributed by atoms with E-state index in [1.54, 1.807) is 11.9 Å². The van der Waals surface area contributed by atoms with Crippen LogP contribution in [0, 0.1) is 0 Å². The smallest absolute Gasteiger partial charge is 0.245 e. The molecule has 0 bridgehead atoms. The first-order chi connectivity index (χ1) is 11.9. The first kappa shape index (κ1) is 18.2. The quantitative estimate of drug-likeness (QED) is 0.739. The molecule has 3 rings (SSSR count). The fourth-order valence-electron chi connectivity index (χ4n) is 3.39. The van der Waals surface area contributed by atoms with Crippen molar-refractivity contribution in [3.05, 3.63) is 76.9 Å². The van der Waals surface area contributed by atoms with Crippen molar-refractivity contribution in [2.45, 2.75) is 19.3 Å². The summed E-state index contributed by atoms with van der Waals surface area (Å²) in [6.45, 7) is 0.639. The van der Waals surface area contributed by atoms with Crippen LogP contribution in [0.2, 0.25) is 0 Å². The third kappa shape index (κ3) is 4.72. The van der Waals surface area contributed by atoms with Gasteiger partial charge in [0.1, 0.15) is 5.88 Å². The Morgan fingerprint density at radius 3 is 2.04 bits per heavy atom. The second-order valence-electron chi connectivity index (χ2n) is 6.47. The molecule has 0 spiro atoms. The summed E-state index contributed by atoms with van der Waals surface area (Å²) in [4.78, 5) is 1.73. The lowest BCUT2D eigenvalue weighted by atomic mass is 9.93. The van der Waals surface area contributed by atoms with Crippen molar-refractivity contribution in [3.8, 4) is 0 Å². The van der Waals surface area contributed by atoms with Crippen LogP contribution in [0.5, 0.6) is 0 Å². The molecule has 0 saturated heterocycles. The van der Waals surface area contributed by atoms with Gasteiger partial charge in [-0.1, -0.05) is 54.6 Å². The van der Waals surface area contributed by atoms with Crippen LogP contribution < -0.4 is 0 Å². The number of aryl methyl sites for hydroxylation is 2. The molecule has 0 saturated carbocycles. The zero-order chi connectivity index (χ0) is 17.9. The molecule has 0 amide bonds. The Labute approximate surface area is 154 Å². The van der Waals surface area contributed by atoms with E-state index >= 15 is 0 Å². The van der Waals surface area contributed by atoms with Crippen LogP contribution in [-0.2, 0) is 21.9 Å². The largest absolute Gasteiger partial charge is 0.292 e. The maximum absolute atomic E-state index is 11.2. The summed E-state index contributed by atoms with van der Waals surface area (Å²) >= 11 is 0. The van der Waals surface area contributed by atoms with Gasteiger partial charge in [-0.25, -0.2) is 8.42 Å². The average molecular weight is 376 g/mol. The molecule has 0 aliphatic heterocycles. The summed E-state index contributed by atoms with van der Waals surface area (Å²) in [5.74, 6) is -0.134. The molecule has 1 aliphatic rings. The van der Waals surface area contributed by atoms with Gasteiger partial charge in [-0.15, -0.1) is 0 Å². The summed E-state index contributed by atoms with van der Waals surface area (Å²) in [5.41, 5.74) is 6.52. The molecule has 0 aromatic heterocycles. The number of hydrogen-bond donors (Lipinski definition) is 0. The highest BCUT2D eigenvalue weighted by atomic mass is 35.7. The van der Waals surface area contributed by atoms with Gasteiger partial charge in [-0.05, 0) is 54.1 Å². The molecule has 25 heavy (non-hydrogen) atoms. The van der Waals surface area contributed by atoms with Crippen molar-refractivity contribution < 1.29 is 8.42 Å². The normalized spacial score (nSPS) is 14.0. The maximum Gasteiger partial charge on any atom is 0.245 e. The van der Waals surface area contributed by atoms with Gasteiger partial charge in [0.25, 0.3) is 0 Å². The highest BCUT2D eigenvalue weighted by Crippen LogP contribution is 2.33. The Kier molecular flexibility index (Phi) is 5.62. The minimum atomic E-state index is -3.50. The molecular formula is C20H22ClNO2S. The van der Waals surface area contributed by atoms with Crippen molar-refractivity contribution in [3.63, 3.8) is 0 Å². The van der Waals surface area contributed by atoms with Crippen molar-refractivity contribution >= 4 is 25.3 Å². The molecule has 2 aromatic carbocycles. The van der Waals surface area contributed by atoms with Gasteiger partial charge in [-0.2, -0.15) is 0 Å². The van der Waals surface area contributed by atoms with Crippen LogP contribution in [0.4, 0.5) is 0 Å². The number of halogens is 1. The molecule has 0 radical (unpaired) electrons. The summed E-state index contributed by atoms with van der Waals surface area (Å²) in [5, 5.41) is 0. The van der Waals surface area contributed by atoms with Crippen molar-refractivity contribution in [1.29, 1.82) is 0 Å². The third-order valence-corrected chi connectivity index (χ3v) is 5.55. The van der Waals surface area contributed by atoms with Gasteiger partial charge < -0.3 is 0 Å². The average Bonchev–Trinajstić information content (AvgIpc) is 2.71. The summed E-state index contributed by atoms with van der Waals surface area (Å²) in [7, 11) is 3.59. The van der Waals surface area contributed by atoms with E-state index in [4.69, 9.17) is 10.7 Å². The highest BCUT2D eigenvalue weighted by Gasteiger charge is 2.17. The fourth-order valence-corrected chi connectivity index (χ4v) is 4.55. The van der Waals surface area contributed by atoms with Crippen molar-refractivity contribution in [2.24, 2.45) is 0 Å². The molecule has 0 N–H and O–H groups in total. The zero-order valence-corrected chi connectivity index (χ0v) is 15.9. The lowest BCUT2D eigenvalue weighted by Gasteiger charge is -2.15.